The molecule has 4 nitrogen and oxygen atoms in total. The van der Waals surface area contributed by atoms with Gasteiger partial charge in [0.05, 0.1) is 12.1 Å². The van der Waals surface area contributed by atoms with Crippen molar-refractivity contribution >= 4 is 17.5 Å². The number of hydrogen-bond acceptors (Lipinski definition) is 2. The summed E-state index contributed by atoms with van der Waals surface area (Å²) in [7, 11) is 1.83. The van der Waals surface area contributed by atoms with Crippen LogP contribution in [-0.2, 0) is 24.3 Å². The summed E-state index contributed by atoms with van der Waals surface area (Å²) in [5.74, 6) is 0.624. The van der Waals surface area contributed by atoms with E-state index < -0.39 is 0 Å². The second kappa shape index (κ2) is 7.84. The minimum absolute atomic E-state index is 0.0975. The van der Waals surface area contributed by atoms with Crippen LogP contribution in [0.4, 0.5) is 0 Å². The molecular weight excluding hydrogens is 322 g/mol. The Bertz CT molecular complexity index is 704. The first-order chi connectivity index (χ1) is 11.3. The fourth-order valence-corrected chi connectivity index (χ4v) is 2.88. The van der Waals surface area contributed by atoms with Crippen molar-refractivity contribution in [3.05, 3.63) is 51.8 Å². The fraction of sp³-hybridized carbons (Fsp3) is 0.474. The molecule has 0 fully saturated rings. The molecule has 0 aliphatic heterocycles. The van der Waals surface area contributed by atoms with Crippen molar-refractivity contribution in [3.63, 3.8) is 0 Å². The van der Waals surface area contributed by atoms with Gasteiger partial charge in [-0.2, -0.15) is 5.10 Å². The number of nitrogens with zero attached hydrogens (tertiary/aromatic N) is 3. The molecule has 1 aromatic carbocycles. The lowest BCUT2D eigenvalue weighted by molar-refractivity contribution is -0.129. The van der Waals surface area contributed by atoms with Gasteiger partial charge in [0.1, 0.15) is 0 Å². The number of aromatic nitrogens is 2. The van der Waals surface area contributed by atoms with Crippen molar-refractivity contribution < 1.29 is 4.79 Å². The second-order valence-electron chi connectivity index (χ2n) is 6.78. The van der Waals surface area contributed by atoms with Crippen LogP contribution in [0.15, 0.2) is 24.3 Å². The molecule has 0 N–H and O–H groups in total. The lowest BCUT2D eigenvalue weighted by Crippen LogP contribution is -2.28. The highest BCUT2D eigenvalue weighted by atomic mass is 35.5. The van der Waals surface area contributed by atoms with Crippen LogP contribution in [-0.4, -0.2) is 27.6 Å². The largest absolute Gasteiger partial charge is 0.341 e. The maximum Gasteiger partial charge on any atom is 0.227 e. The van der Waals surface area contributed by atoms with Gasteiger partial charge in [0.25, 0.3) is 0 Å². The van der Waals surface area contributed by atoms with E-state index >= 15 is 0 Å². The molecule has 130 valence electrons. The molecule has 0 unspecified atom stereocenters. The van der Waals surface area contributed by atoms with Crippen LogP contribution in [0.5, 0.6) is 0 Å². The zero-order valence-corrected chi connectivity index (χ0v) is 15.9. The molecule has 2 aromatic rings. The van der Waals surface area contributed by atoms with Crippen LogP contribution in [0.3, 0.4) is 0 Å². The summed E-state index contributed by atoms with van der Waals surface area (Å²) in [6, 6.07) is 7.59. The summed E-state index contributed by atoms with van der Waals surface area (Å²) < 4.78 is 2.02. The van der Waals surface area contributed by atoms with Gasteiger partial charge in [0.15, 0.2) is 0 Å². The van der Waals surface area contributed by atoms with Gasteiger partial charge in [-0.25, -0.2) is 0 Å². The first-order valence-corrected chi connectivity index (χ1v) is 8.67. The fourth-order valence-electron chi connectivity index (χ4n) is 2.75. The van der Waals surface area contributed by atoms with E-state index in [-0.39, 0.29) is 5.91 Å². The van der Waals surface area contributed by atoms with Crippen molar-refractivity contribution in [1.82, 2.24) is 14.7 Å². The minimum atomic E-state index is 0.0975. The summed E-state index contributed by atoms with van der Waals surface area (Å²) in [6.45, 7) is 9.81. The van der Waals surface area contributed by atoms with E-state index in [4.69, 9.17) is 11.6 Å². The topological polar surface area (TPSA) is 38.1 Å². The van der Waals surface area contributed by atoms with Gasteiger partial charge in [0.2, 0.25) is 5.91 Å². The maximum absolute atomic E-state index is 12.6. The molecule has 0 spiro atoms. The monoisotopic (exact) mass is 347 g/mol. The molecule has 0 aliphatic carbocycles. The average molecular weight is 348 g/mol. The number of hydrogen-bond donors (Lipinski definition) is 0. The van der Waals surface area contributed by atoms with Crippen molar-refractivity contribution in [2.24, 2.45) is 5.92 Å². The predicted molar refractivity (Wildman–Crippen MR) is 98.2 cm³/mol. The Morgan fingerprint density at radius 2 is 1.88 bits per heavy atom. The quantitative estimate of drug-likeness (QED) is 0.791. The van der Waals surface area contributed by atoms with Crippen LogP contribution >= 0.6 is 11.6 Å². The number of carbonyl (C=O) groups is 1. The highest BCUT2D eigenvalue weighted by Crippen LogP contribution is 2.17. The predicted octanol–water partition coefficient (Wildman–Crippen LogP) is 4.01. The van der Waals surface area contributed by atoms with Crippen LogP contribution in [0, 0.1) is 19.8 Å². The molecular formula is C19H26ClN3O. The Hall–Kier alpha value is -1.81. The second-order valence-corrected chi connectivity index (χ2v) is 7.21. The molecule has 0 aliphatic rings. The number of benzene rings is 1. The highest BCUT2D eigenvalue weighted by Gasteiger charge is 2.18. The molecule has 0 atom stereocenters. The van der Waals surface area contributed by atoms with Gasteiger partial charge < -0.3 is 4.90 Å². The van der Waals surface area contributed by atoms with Gasteiger partial charge in [0, 0.05) is 36.4 Å². The Kier molecular flexibility index (Phi) is 6.05. The van der Waals surface area contributed by atoms with Gasteiger partial charge in [-0.1, -0.05) is 37.6 Å². The lowest BCUT2D eigenvalue weighted by Gasteiger charge is -2.17. The third-order valence-electron chi connectivity index (χ3n) is 4.16. The van der Waals surface area contributed by atoms with E-state index in [9.17, 15) is 4.79 Å². The molecule has 24 heavy (non-hydrogen) atoms. The van der Waals surface area contributed by atoms with Crippen molar-refractivity contribution in [2.45, 2.75) is 47.2 Å². The third kappa shape index (κ3) is 4.60. The van der Waals surface area contributed by atoms with E-state index in [0.717, 1.165) is 29.1 Å². The average Bonchev–Trinajstić information content (AvgIpc) is 2.76. The Morgan fingerprint density at radius 3 is 2.46 bits per heavy atom. The first kappa shape index (κ1) is 18.5. The van der Waals surface area contributed by atoms with Crippen LogP contribution in [0.2, 0.25) is 5.02 Å². The third-order valence-corrected chi connectivity index (χ3v) is 4.41. The van der Waals surface area contributed by atoms with Gasteiger partial charge in [-0.3, -0.25) is 9.48 Å². The molecule has 0 bridgehead atoms. The van der Waals surface area contributed by atoms with E-state index in [2.05, 4.69) is 18.9 Å². The maximum atomic E-state index is 12.6. The SMILES string of the molecule is Cc1nn(CC(C)C)c(C)c1CC(=O)N(C)Cc1ccc(Cl)cc1. The molecule has 1 heterocycles. The zero-order valence-electron chi connectivity index (χ0n) is 15.1. The van der Waals surface area contributed by atoms with E-state index in [0.29, 0.717) is 23.9 Å². The summed E-state index contributed by atoms with van der Waals surface area (Å²) >= 11 is 5.90. The summed E-state index contributed by atoms with van der Waals surface area (Å²) in [5.41, 5.74) is 4.15. The van der Waals surface area contributed by atoms with Crippen LogP contribution in [0.25, 0.3) is 0 Å². The number of likely N-dealkylation sites (N-methyl/N-ethyl adjacent to an activating group) is 1. The van der Waals surface area contributed by atoms with Crippen LogP contribution < -0.4 is 0 Å². The lowest BCUT2D eigenvalue weighted by atomic mass is 10.1. The van der Waals surface area contributed by atoms with E-state index in [1.807, 2.05) is 49.8 Å². The Morgan fingerprint density at radius 1 is 1.25 bits per heavy atom. The van der Waals surface area contributed by atoms with Gasteiger partial charge >= 0.3 is 0 Å². The van der Waals surface area contributed by atoms with Gasteiger partial charge in [-0.05, 0) is 37.5 Å². The Balaban J connectivity index is 2.06. The first-order valence-electron chi connectivity index (χ1n) is 8.29. The summed E-state index contributed by atoms with van der Waals surface area (Å²) in [5, 5.41) is 5.29. The van der Waals surface area contributed by atoms with E-state index in [1.54, 1.807) is 4.90 Å². The molecule has 0 saturated heterocycles. The molecule has 5 heteroatoms. The van der Waals surface area contributed by atoms with Gasteiger partial charge in [-0.15, -0.1) is 0 Å². The molecule has 1 amide bonds. The molecule has 1 aromatic heterocycles. The number of amides is 1. The smallest absolute Gasteiger partial charge is 0.227 e. The standard InChI is InChI=1S/C19H26ClN3O/c1-13(2)11-23-15(4)18(14(3)21-23)10-19(24)22(5)12-16-6-8-17(20)9-7-16/h6-9,13H,10-12H2,1-5H3. The molecule has 2 rings (SSSR count). The highest BCUT2D eigenvalue weighted by molar-refractivity contribution is 6.30. The molecule has 0 saturated carbocycles. The Labute approximate surface area is 149 Å². The number of aryl methyl sites for hydroxylation is 1. The van der Waals surface area contributed by atoms with Crippen molar-refractivity contribution in [3.8, 4) is 0 Å². The van der Waals surface area contributed by atoms with E-state index in [1.165, 1.54) is 0 Å². The van der Waals surface area contributed by atoms with Crippen molar-refractivity contribution in [1.29, 1.82) is 0 Å². The normalized spacial score (nSPS) is 11.1. The summed E-state index contributed by atoms with van der Waals surface area (Å²) in [4.78, 5) is 14.3. The number of halogens is 1. The minimum Gasteiger partial charge on any atom is -0.341 e. The van der Waals surface area contributed by atoms with Crippen LogP contribution in [0.1, 0.15) is 36.4 Å². The number of carbonyl (C=O) groups excluding carboxylic acids is 1. The summed E-state index contributed by atoms with van der Waals surface area (Å²) in [6.07, 6.45) is 0.389. The molecule has 0 radical (unpaired) electrons. The zero-order chi connectivity index (χ0) is 17.9. The van der Waals surface area contributed by atoms with Crippen molar-refractivity contribution in [2.75, 3.05) is 7.05 Å². The number of rotatable bonds is 6.